The average Bonchev–Trinajstić information content (AvgIpc) is 2.26. The van der Waals surface area contributed by atoms with Crippen LogP contribution < -0.4 is 5.32 Å². The Morgan fingerprint density at radius 1 is 1.36 bits per heavy atom. The molecule has 1 aromatic heterocycles. The van der Waals surface area contributed by atoms with Crippen molar-refractivity contribution in [3.8, 4) is 0 Å². The van der Waals surface area contributed by atoms with Crippen LogP contribution >= 0.6 is 0 Å². The maximum atomic E-state index is 4.02. The number of pyridine rings is 1. The number of aromatic nitrogens is 1. The highest BCUT2D eigenvalue weighted by atomic mass is 14.9. The van der Waals surface area contributed by atoms with E-state index in [2.05, 4.69) is 36.3 Å². The third-order valence-electron chi connectivity index (χ3n) is 2.91. The molecule has 1 aromatic rings. The molecule has 0 aliphatic heterocycles. The van der Waals surface area contributed by atoms with E-state index >= 15 is 0 Å². The molecular formula is C12H20N2. The highest BCUT2D eigenvalue weighted by Gasteiger charge is 2.13. The summed E-state index contributed by atoms with van der Waals surface area (Å²) in [7, 11) is 2.04. The zero-order chi connectivity index (χ0) is 10.4. The molecule has 14 heavy (non-hydrogen) atoms. The van der Waals surface area contributed by atoms with Crippen molar-refractivity contribution >= 4 is 0 Å². The molecule has 2 unspecified atom stereocenters. The Kier molecular flexibility index (Phi) is 4.60. The van der Waals surface area contributed by atoms with Crippen molar-refractivity contribution < 1.29 is 0 Å². The predicted molar refractivity (Wildman–Crippen MR) is 60.2 cm³/mol. The summed E-state index contributed by atoms with van der Waals surface area (Å²) in [4.78, 5) is 4.02. The van der Waals surface area contributed by atoms with Gasteiger partial charge < -0.3 is 5.32 Å². The topological polar surface area (TPSA) is 24.9 Å². The molecule has 1 rings (SSSR count). The van der Waals surface area contributed by atoms with Gasteiger partial charge in [-0.3, -0.25) is 4.98 Å². The number of likely N-dealkylation sites (N-methyl/N-ethyl adjacent to an activating group) is 1. The average molecular weight is 192 g/mol. The van der Waals surface area contributed by atoms with E-state index in [1.54, 1.807) is 0 Å². The quantitative estimate of drug-likeness (QED) is 0.774. The summed E-state index contributed by atoms with van der Waals surface area (Å²) in [5, 5.41) is 3.38. The van der Waals surface area contributed by atoms with Gasteiger partial charge in [-0.2, -0.15) is 0 Å². The zero-order valence-electron chi connectivity index (χ0n) is 9.33. The van der Waals surface area contributed by atoms with Gasteiger partial charge in [-0.15, -0.1) is 0 Å². The first kappa shape index (κ1) is 11.2. The summed E-state index contributed by atoms with van der Waals surface area (Å²) < 4.78 is 0. The number of nitrogens with one attached hydrogen (secondary N) is 1. The van der Waals surface area contributed by atoms with E-state index in [0.29, 0.717) is 12.0 Å². The largest absolute Gasteiger partial charge is 0.316 e. The molecule has 1 N–H and O–H groups in total. The Labute approximate surface area is 86.8 Å². The van der Waals surface area contributed by atoms with Crippen LogP contribution in [0.3, 0.4) is 0 Å². The summed E-state index contributed by atoms with van der Waals surface area (Å²) in [6, 6.07) is 4.75. The van der Waals surface area contributed by atoms with Crippen molar-refractivity contribution in [1.82, 2.24) is 10.3 Å². The second-order valence-electron chi connectivity index (χ2n) is 3.84. The Hall–Kier alpha value is -0.890. The van der Waals surface area contributed by atoms with Crippen LogP contribution in [-0.2, 0) is 6.42 Å². The second-order valence-corrected chi connectivity index (χ2v) is 3.84. The lowest BCUT2D eigenvalue weighted by atomic mass is 9.93. The maximum absolute atomic E-state index is 4.02. The van der Waals surface area contributed by atoms with Gasteiger partial charge in [0.25, 0.3) is 0 Å². The van der Waals surface area contributed by atoms with E-state index < -0.39 is 0 Å². The molecule has 0 saturated carbocycles. The van der Waals surface area contributed by atoms with Crippen molar-refractivity contribution in [2.75, 3.05) is 7.05 Å². The fourth-order valence-electron chi connectivity index (χ4n) is 1.65. The van der Waals surface area contributed by atoms with Crippen LogP contribution in [0.25, 0.3) is 0 Å². The van der Waals surface area contributed by atoms with Crippen molar-refractivity contribution in [2.24, 2.45) is 5.92 Å². The van der Waals surface area contributed by atoms with Gasteiger partial charge in [0.15, 0.2) is 0 Å². The van der Waals surface area contributed by atoms with Gasteiger partial charge in [-0.25, -0.2) is 0 Å². The van der Waals surface area contributed by atoms with E-state index in [1.807, 2.05) is 19.4 Å². The highest BCUT2D eigenvalue weighted by Crippen LogP contribution is 2.12. The van der Waals surface area contributed by atoms with E-state index in [4.69, 9.17) is 0 Å². The maximum Gasteiger partial charge on any atom is 0.0270 e. The van der Waals surface area contributed by atoms with Crippen molar-refractivity contribution in [2.45, 2.75) is 32.7 Å². The van der Waals surface area contributed by atoms with Crippen LogP contribution in [-0.4, -0.2) is 18.1 Å². The number of rotatable bonds is 5. The minimum atomic E-state index is 0.572. The lowest BCUT2D eigenvalue weighted by Crippen LogP contribution is -2.33. The minimum absolute atomic E-state index is 0.572. The molecule has 0 amide bonds. The standard InChI is InChI=1S/C12H20N2/c1-4-10(2)12(13-3)9-11-5-7-14-8-6-11/h5-8,10,12-13H,4,9H2,1-3H3. The molecular weight excluding hydrogens is 172 g/mol. The second kappa shape index (κ2) is 5.76. The summed E-state index contributed by atoms with van der Waals surface area (Å²) in [6.45, 7) is 4.53. The molecule has 2 nitrogen and oxygen atoms in total. The molecule has 0 aromatic carbocycles. The molecule has 0 spiro atoms. The predicted octanol–water partition coefficient (Wildman–Crippen LogP) is 2.26. The Bertz CT molecular complexity index is 246. The molecule has 0 aliphatic carbocycles. The van der Waals surface area contributed by atoms with Crippen molar-refractivity contribution in [1.29, 1.82) is 0 Å². The van der Waals surface area contributed by atoms with Crippen molar-refractivity contribution in [3.05, 3.63) is 30.1 Å². The lowest BCUT2D eigenvalue weighted by molar-refractivity contribution is 0.386. The Morgan fingerprint density at radius 2 is 2.00 bits per heavy atom. The van der Waals surface area contributed by atoms with Crippen molar-refractivity contribution in [3.63, 3.8) is 0 Å². The van der Waals surface area contributed by atoms with E-state index in [-0.39, 0.29) is 0 Å². The molecule has 78 valence electrons. The number of nitrogens with zero attached hydrogens (tertiary/aromatic N) is 1. The third-order valence-corrected chi connectivity index (χ3v) is 2.91. The molecule has 0 fully saturated rings. The molecule has 0 saturated heterocycles. The van der Waals surface area contributed by atoms with Crippen LogP contribution in [0.2, 0.25) is 0 Å². The van der Waals surface area contributed by atoms with E-state index in [9.17, 15) is 0 Å². The summed E-state index contributed by atoms with van der Waals surface area (Å²) in [5.41, 5.74) is 1.36. The van der Waals surface area contributed by atoms with Gasteiger partial charge >= 0.3 is 0 Å². The van der Waals surface area contributed by atoms with Gasteiger partial charge in [-0.1, -0.05) is 20.3 Å². The highest BCUT2D eigenvalue weighted by molar-refractivity contribution is 5.11. The fourth-order valence-corrected chi connectivity index (χ4v) is 1.65. The van der Waals surface area contributed by atoms with E-state index in [0.717, 1.165) is 6.42 Å². The molecule has 2 atom stereocenters. The lowest BCUT2D eigenvalue weighted by Gasteiger charge is -2.22. The Morgan fingerprint density at radius 3 is 2.50 bits per heavy atom. The number of hydrogen-bond acceptors (Lipinski definition) is 2. The fraction of sp³-hybridized carbons (Fsp3) is 0.583. The smallest absolute Gasteiger partial charge is 0.0270 e. The van der Waals surface area contributed by atoms with E-state index in [1.165, 1.54) is 12.0 Å². The first-order chi connectivity index (χ1) is 6.77. The van der Waals surface area contributed by atoms with Crippen LogP contribution in [0.15, 0.2) is 24.5 Å². The molecule has 2 heteroatoms. The van der Waals surface area contributed by atoms with Crippen LogP contribution in [0.4, 0.5) is 0 Å². The van der Waals surface area contributed by atoms with Crippen LogP contribution in [0, 0.1) is 5.92 Å². The van der Waals surface area contributed by atoms with Gasteiger partial charge in [0.1, 0.15) is 0 Å². The normalized spacial score (nSPS) is 15.1. The van der Waals surface area contributed by atoms with Gasteiger partial charge in [0, 0.05) is 18.4 Å². The van der Waals surface area contributed by atoms with Gasteiger partial charge in [0.05, 0.1) is 0 Å². The monoisotopic (exact) mass is 192 g/mol. The SMILES string of the molecule is CCC(C)C(Cc1ccncc1)NC. The zero-order valence-corrected chi connectivity index (χ0v) is 9.33. The summed E-state index contributed by atoms with van der Waals surface area (Å²) in [5.74, 6) is 0.716. The first-order valence-electron chi connectivity index (χ1n) is 5.34. The summed E-state index contributed by atoms with van der Waals surface area (Å²) >= 11 is 0. The minimum Gasteiger partial charge on any atom is -0.316 e. The number of hydrogen-bond donors (Lipinski definition) is 1. The van der Waals surface area contributed by atoms with Gasteiger partial charge in [-0.05, 0) is 37.1 Å². The third kappa shape index (κ3) is 3.11. The first-order valence-corrected chi connectivity index (χ1v) is 5.34. The van der Waals surface area contributed by atoms with Gasteiger partial charge in [0.2, 0.25) is 0 Å². The molecule has 0 bridgehead atoms. The van der Waals surface area contributed by atoms with Crippen LogP contribution in [0.5, 0.6) is 0 Å². The van der Waals surface area contributed by atoms with Crippen LogP contribution in [0.1, 0.15) is 25.8 Å². The molecule has 1 heterocycles. The Balaban J connectivity index is 2.57. The molecule has 0 aliphatic rings. The molecule has 0 radical (unpaired) electrons. The summed E-state index contributed by atoms with van der Waals surface area (Å²) in [6.07, 6.45) is 6.03.